The van der Waals surface area contributed by atoms with Crippen molar-refractivity contribution in [2.45, 2.75) is 0 Å². The molecule has 0 aromatic heterocycles. The zero-order valence-corrected chi connectivity index (χ0v) is 11.3. The van der Waals surface area contributed by atoms with E-state index in [-0.39, 0.29) is 5.91 Å². The van der Waals surface area contributed by atoms with Crippen LogP contribution in [0.15, 0.2) is 42.5 Å². The van der Waals surface area contributed by atoms with E-state index in [1.165, 1.54) is 7.11 Å². The molecule has 0 spiro atoms. The van der Waals surface area contributed by atoms with Crippen molar-refractivity contribution in [2.24, 2.45) is 0 Å². The number of methoxy groups -OCH3 is 2. The quantitative estimate of drug-likeness (QED) is 0.839. The Morgan fingerprint density at radius 1 is 1.05 bits per heavy atom. The molecule has 3 N–H and O–H groups in total. The number of rotatable bonds is 4. The monoisotopic (exact) mass is 272 g/mol. The maximum atomic E-state index is 12.1. The Balaban J connectivity index is 2.18. The lowest BCUT2D eigenvalue weighted by molar-refractivity contribution is 0.102. The summed E-state index contributed by atoms with van der Waals surface area (Å²) in [6.07, 6.45) is 0. The lowest BCUT2D eigenvalue weighted by Gasteiger charge is -2.11. The van der Waals surface area contributed by atoms with Crippen LogP contribution in [0.2, 0.25) is 0 Å². The molecule has 2 aromatic rings. The van der Waals surface area contributed by atoms with Crippen molar-refractivity contribution in [1.29, 1.82) is 0 Å². The van der Waals surface area contributed by atoms with Crippen LogP contribution in [-0.2, 0) is 0 Å². The largest absolute Gasteiger partial charge is 0.497 e. The van der Waals surface area contributed by atoms with E-state index in [0.29, 0.717) is 28.4 Å². The Bertz CT molecular complexity index is 609. The van der Waals surface area contributed by atoms with E-state index in [9.17, 15) is 4.79 Å². The molecule has 0 aliphatic rings. The highest BCUT2D eigenvalue weighted by molar-refractivity contribution is 6.05. The van der Waals surface area contributed by atoms with E-state index in [1.54, 1.807) is 49.6 Å². The van der Waals surface area contributed by atoms with Gasteiger partial charge < -0.3 is 20.5 Å². The number of anilines is 2. The second-order valence-electron chi connectivity index (χ2n) is 4.14. The maximum Gasteiger partial charge on any atom is 0.255 e. The van der Waals surface area contributed by atoms with Crippen molar-refractivity contribution in [3.8, 4) is 11.5 Å². The third-order valence-electron chi connectivity index (χ3n) is 2.83. The van der Waals surface area contributed by atoms with E-state index in [0.717, 1.165) is 0 Å². The molecule has 0 radical (unpaired) electrons. The molecule has 5 nitrogen and oxygen atoms in total. The minimum atomic E-state index is -0.226. The fourth-order valence-corrected chi connectivity index (χ4v) is 1.75. The molecule has 0 unspecified atom stereocenters. The van der Waals surface area contributed by atoms with Gasteiger partial charge in [0.1, 0.15) is 11.5 Å². The number of benzene rings is 2. The molecule has 104 valence electrons. The van der Waals surface area contributed by atoms with Gasteiger partial charge >= 0.3 is 0 Å². The van der Waals surface area contributed by atoms with Gasteiger partial charge in [-0.1, -0.05) is 0 Å². The van der Waals surface area contributed by atoms with Gasteiger partial charge in [0.2, 0.25) is 0 Å². The summed E-state index contributed by atoms with van der Waals surface area (Å²) in [5.74, 6) is 0.995. The normalized spacial score (nSPS) is 9.90. The van der Waals surface area contributed by atoms with Crippen molar-refractivity contribution in [1.82, 2.24) is 0 Å². The molecule has 2 rings (SSSR count). The molecule has 0 aliphatic heterocycles. The third kappa shape index (κ3) is 3.00. The van der Waals surface area contributed by atoms with Gasteiger partial charge in [-0.3, -0.25) is 4.79 Å². The first-order valence-electron chi connectivity index (χ1n) is 6.03. The van der Waals surface area contributed by atoms with Gasteiger partial charge in [-0.15, -0.1) is 0 Å². The summed E-state index contributed by atoms with van der Waals surface area (Å²) in [4.78, 5) is 12.1. The molecule has 0 atom stereocenters. The highest BCUT2D eigenvalue weighted by atomic mass is 16.5. The van der Waals surface area contributed by atoms with Gasteiger partial charge in [-0.05, 0) is 36.4 Å². The summed E-state index contributed by atoms with van der Waals surface area (Å²) < 4.78 is 10.2. The number of nitrogens with one attached hydrogen (secondary N) is 1. The summed E-state index contributed by atoms with van der Waals surface area (Å²) in [6.45, 7) is 0. The summed E-state index contributed by atoms with van der Waals surface area (Å²) >= 11 is 0. The number of hydrogen-bond donors (Lipinski definition) is 2. The Hall–Kier alpha value is -2.69. The SMILES string of the molecule is COc1ccc(C(=O)Nc2ccc(N)cc2OC)cc1. The highest BCUT2D eigenvalue weighted by Crippen LogP contribution is 2.27. The van der Waals surface area contributed by atoms with Gasteiger partial charge in [0.15, 0.2) is 0 Å². The van der Waals surface area contributed by atoms with E-state index in [2.05, 4.69) is 5.32 Å². The number of nitrogen functional groups attached to an aromatic ring is 1. The van der Waals surface area contributed by atoms with E-state index < -0.39 is 0 Å². The lowest BCUT2D eigenvalue weighted by Crippen LogP contribution is -2.12. The standard InChI is InChI=1S/C15H16N2O3/c1-19-12-6-3-10(4-7-12)15(18)17-13-8-5-11(16)9-14(13)20-2/h3-9H,16H2,1-2H3,(H,17,18). The Kier molecular flexibility index (Phi) is 4.10. The van der Waals surface area contributed by atoms with Gasteiger partial charge in [0.05, 0.1) is 19.9 Å². The molecule has 1 amide bonds. The Labute approximate surface area is 117 Å². The molecule has 0 heterocycles. The first-order valence-corrected chi connectivity index (χ1v) is 6.03. The molecular weight excluding hydrogens is 256 g/mol. The molecule has 5 heteroatoms. The Morgan fingerprint density at radius 3 is 2.35 bits per heavy atom. The maximum absolute atomic E-state index is 12.1. The summed E-state index contributed by atoms with van der Waals surface area (Å²) in [5, 5.41) is 2.78. The zero-order valence-electron chi connectivity index (χ0n) is 11.3. The second-order valence-corrected chi connectivity index (χ2v) is 4.14. The summed E-state index contributed by atoms with van der Waals surface area (Å²) in [5.41, 5.74) is 7.35. The fourth-order valence-electron chi connectivity index (χ4n) is 1.75. The topological polar surface area (TPSA) is 73.6 Å². The van der Waals surface area contributed by atoms with Crippen LogP contribution in [0.5, 0.6) is 11.5 Å². The Morgan fingerprint density at radius 2 is 1.75 bits per heavy atom. The molecule has 20 heavy (non-hydrogen) atoms. The second kappa shape index (κ2) is 5.97. The van der Waals surface area contributed by atoms with Gasteiger partial charge in [0.25, 0.3) is 5.91 Å². The van der Waals surface area contributed by atoms with Crippen LogP contribution in [0.3, 0.4) is 0 Å². The first-order chi connectivity index (χ1) is 9.63. The first kappa shape index (κ1) is 13.7. The van der Waals surface area contributed by atoms with Gasteiger partial charge in [-0.25, -0.2) is 0 Å². The molecule has 0 aliphatic carbocycles. The van der Waals surface area contributed by atoms with Gasteiger partial charge in [-0.2, -0.15) is 0 Å². The molecule has 0 saturated carbocycles. The summed E-state index contributed by atoms with van der Waals surface area (Å²) in [6, 6.07) is 11.9. The lowest BCUT2D eigenvalue weighted by atomic mass is 10.2. The van der Waals surface area contributed by atoms with Crippen LogP contribution in [0.25, 0.3) is 0 Å². The molecular formula is C15H16N2O3. The predicted molar refractivity (Wildman–Crippen MR) is 78.4 cm³/mol. The smallest absolute Gasteiger partial charge is 0.255 e. The van der Waals surface area contributed by atoms with Crippen molar-refractivity contribution < 1.29 is 14.3 Å². The molecule has 0 fully saturated rings. The van der Waals surface area contributed by atoms with Crippen LogP contribution in [0, 0.1) is 0 Å². The highest BCUT2D eigenvalue weighted by Gasteiger charge is 2.10. The average Bonchev–Trinajstić information content (AvgIpc) is 2.49. The summed E-state index contributed by atoms with van der Waals surface area (Å²) in [7, 11) is 3.10. The zero-order chi connectivity index (χ0) is 14.5. The van der Waals surface area contributed by atoms with E-state index >= 15 is 0 Å². The average molecular weight is 272 g/mol. The number of nitrogens with two attached hydrogens (primary N) is 1. The number of ether oxygens (including phenoxy) is 2. The molecule has 2 aromatic carbocycles. The van der Waals surface area contributed by atoms with Gasteiger partial charge in [0, 0.05) is 17.3 Å². The van der Waals surface area contributed by atoms with E-state index in [1.807, 2.05) is 0 Å². The fraction of sp³-hybridized carbons (Fsp3) is 0.133. The van der Waals surface area contributed by atoms with Crippen LogP contribution in [0.4, 0.5) is 11.4 Å². The van der Waals surface area contributed by atoms with Crippen molar-refractivity contribution in [2.75, 3.05) is 25.3 Å². The van der Waals surface area contributed by atoms with Crippen LogP contribution in [-0.4, -0.2) is 20.1 Å². The minimum absolute atomic E-state index is 0.226. The van der Waals surface area contributed by atoms with Crippen molar-refractivity contribution in [3.63, 3.8) is 0 Å². The van der Waals surface area contributed by atoms with E-state index in [4.69, 9.17) is 15.2 Å². The third-order valence-corrected chi connectivity index (χ3v) is 2.83. The predicted octanol–water partition coefficient (Wildman–Crippen LogP) is 2.54. The van der Waals surface area contributed by atoms with Crippen molar-refractivity contribution >= 4 is 17.3 Å². The number of amides is 1. The van der Waals surface area contributed by atoms with Crippen LogP contribution in [0.1, 0.15) is 10.4 Å². The van der Waals surface area contributed by atoms with Crippen molar-refractivity contribution in [3.05, 3.63) is 48.0 Å². The minimum Gasteiger partial charge on any atom is -0.497 e. The van der Waals surface area contributed by atoms with Crippen LogP contribution < -0.4 is 20.5 Å². The molecule has 0 bridgehead atoms. The number of hydrogen-bond acceptors (Lipinski definition) is 4. The number of carbonyl (C=O) groups excluding carboxylic acids is 1. The van der Waals surface area contributed by atoms with Crippen LogP contribution >= 0.6 is 0 Å². The number of carbonyl (C=O) groups is 1. The molecule has 0 saturated heterocycles.